The molecule has 4 rings (SSSR count). The predicted octanol–water partition coefficient (Wildman–Crippen LogP) is 2.92. The molecule has 0 unspecified atom stereocenters. The Bertz CT molecular complexity index is 772. The van der Waals surface area contributed by atoms with Gasteiger partial charge < -0.3 is 10.2 Å². The van der Waals surface area contributed by atoms with Crippen molar-refractivity contribution in [3.8, 4) is 0 Å². The Balaban J connectivity index is 1.51. The number of fused-ring (bicyclic) bond motifs is 2. The fourth-order valence-corrected chi connectivity index (χ4v) is 5.27. The molecule has 1 fully saturated rings. The number of benzene rings is 1. The van der Waals surface area contributed by atoms with Gasteiger partial charge in [0, 0.05) is 43.7 Å². The summed E-state index contributed by atoms with van der Waals surface area (Å²) in [6.45, 7) is 7.37. The molecule has 3 aliphatic rings. The molecule has 5 nitrogen and oxygen atoms in total. The van der Waals surface area contributed by atoms with Gasteiger partial charge in [-0.05, 0) is 57.1 Å². The van der Waals surface area contributed by atoms with Crippen molar-refractivity contribution in [2.24, 2.45) is 10.9 Å². The number of nitrogens with one attached hydrogen (secondary N) is 1. The lowest BCUT2D eigenvalue weighted by atomic mass is 9.68. The van der Waals surface area contributed by atoms with Gasteiger partial charge in [-0.3, -0.25) is 14.7 Å². The second kappa shape index (κ2) is 8.18. The number of amides is 1. The van der Waals surface area contributed by atoms with Crippen LogP contribution in [0.25, 0.3) is 0 Å². The number of aliphatic imine (C=N–C) groups is 1. The summed E-state index contributed by atoms with van der Waals surface area (Å²) < 4.78 is 0. The van der Waals surface area contributed by atoms with Crippen LogP contribution in [-0.2, 0) is 4.79 Å². The Labute approximate surface area is 168 Å². The normalized spacial score (nSPS) is 28.1. The van der Waals surface area contributed by atoms with E-state index in [-0.39, 0.29) is 11.8 Å². The average Bonchev–Trinajstić information content (AvgIpc) is 3.10. The summed E-state index contributed by atoms with van der Waals surface area (Å²) in [5.41, 5.74) is 3.95. The molecule has 1 aromatic rings. The third-order valence-corrected chi connectivity index (χ3v) is 6.52. The van der Waals surface area contributed by atoms with E-state index >= 15 is 0 Å². The first-order valence-electron chi connectivity index (χ1n) is 10.5. The number of carbonyl (C=O) groups excluding carboxylic acids is 1. The number of nitrogens with zero attached hydrogens (tertiary/aromatic N) is 3. The number of piperidine rings is 1. The molecule has 5 heteroatoms. The Morgan fingerprint density at radius 2 is 2.25 bits per heavy atom. The van der Waals surface area contributed by atoms with Crippen molar-refractivity contribution in [1.29, 1.82) is 0 Å². The van der Waals surface area contributed by atoms with E-state index < -0.39 is 0 Å². The van der Waals surface area contributed by atoms with Gasteiger partial charge in [0.15, 0.2) is 0 Å². The van der Waals surface area contributed by atoms with Crippen LogP contribution in [0, 0.1) is 5.92 Å². The molecular formula is C23H32N4O. The minimum absolute atomic E-state index is 0.0373. The molecule has 0 bridgehead atoms. The first-order chi connectivity index (χ1) is 13.6. The van der Waals surface area contributed by atoms with Crippen molar-refractivity contribution in [2.45, 2.75) is 37.1 Å². The highest BCUT2D eigenvalue weighted by molar-refractivity contribution is 5.83. The lowest BCUT2D eigenvalue weighted by molar-refractivity contribution is -0.127. The molecular weight excluding hydrogens is 348 g/mol. The van der Waals surface area contributed by atoms with Crippen LogP contribution in [-0.4, -0.2) is 68.2 Å². The van der Waals surface area contributed by atoms with Crippen molar-refractivity contribution in [2.75, 3.05) is 40.3 Å². The standard InChI is InChI=1S/C23H32N4O/c1-4-10-27-15-17(23(28)24-9-6-11-26(2)3)12-19-18-7-5-8-20-22(18)16(14-25-20)13-21(19)27/h4-5,7-8,14,16-17,19,21H,1,6,9-13,15H2,2-3H3,(H,24,28)/t16-,17-,19+,21-/m1/s1. The topological polar surface area (TPSA) is 47.9 Å². The van der Waals surface area contributed by atoms with Gasteiger partial charge in [-0.1, -0.05) is 18.2 Å². The molecule has 0 aromatic heterocycles. The van der Waals surface area contributed by atoms with E-state index in [9.17, 15) is 4.79 Å². The summed E-state index contributed by atoms with van der Waals surface area (Å²) in [7, 11) is 4.13. The van der Waals surface area contributed by atoms with E-state index in [0.717, 1.165) is 51.1 Å². The Morgan fingerprint density at radius 1 is 1.39 bits per heavy atom. The van der Waals surface area contributed by atoms with Crippen molar-refractivity contribution in [3.63, 3.8) is 0 Å². The first kappa shape index (κ1) is 19.3. The first-order valence-corrected chi connectivity index (χ1v) is 10.5. The smallest absolute Gasteiger partial charge is 0.224 e. The molecule has 150 valence electrons. The van der Waals surface area contributed by atoms with Crippen molar-refractivity contribution < 1.29 is 4.79 Å². The summed E-state index contributed by atoms with van der Waals surface area (Å²) >= 11 is 0. The van der Waals surface area contributed by atoms with Gasteiger partial charge in [-0.15, -0.1) is 6.58 Å². The summed E-state index contributed by atoms with van der Waals surface area (Å²) in [4.78, 5) is 22.2. The van der Waals surface area contributed by atoms with Crippen molar-refractivity contribution >= 4 is 17.8 Å². The maximum absolute atomic E-state index is 12.9. The molecule has 0 radical (unpaired) electrons. The van der Waals surface area contributed by atoms with Crippen molar-refractivity contribution in [1.82, 2.24) is 15.1 Å². The molecule has 1 aliphatic carbocycles. The summed E-state index contributed by atoms with van der Waals surface area (Å²) in [6, 6.07) is 6.97. The average molecular weight is 381 g/mol. The van der Waals surface area contributed by atoms with E-state index in [0.29, 0.717) is 17.9 Å². The monoisotopic (exact) mass is 380 g/mol. The largest absolute Gasteiger partial charge is 0.356 e. The third-order valence-electron chi connectivity index (χ3n) is 6.52. The van der Waals surface area contributed by atoms with Gasteiger partial charge in [0.05, 0.1) is 11.6 Å². The highest BCUT2D eigenvalue weighted by Crippen LogP contribution is 2.50. The molecule has 1 N–H and O–H groups in total. The minimum atomic E-state index is 0.0373. The van der Waals surface area contributed by atoms with Crippen LogP contribution in [0.4, 0.5) is 5.69 Å². The van der Waals surface area contributed by atoms with Gasteiger partial charge in [-0.25, -0.2) is 0 Å². The van der Waals surface area contributed by atoms with Crippen LogP contribution < -0.4 is 5.32 Å². The summed E-state index contributed by atoms with van der Waals surface area (Å²) in [5.74, 6) is 1.07. The molecule has 2 heterocycles. The van der Waals surface area contributed by atoms with Crippen LogP contribution in [0.3, 0.4) is 0 Å². The second-order valence-corrected chi connectivity index (χ2v) is 8.70. The molecule has 0 saturated carbocycles. The van der Waals surface area contributed by atoms with E-state index in [2.05, 4.69) is 65.2 Å². The van der Waals surface area contributed by atoms with Crippen LogP contribution in [0.2, 0.25) is 0 Å². The number of hydrogen-bond acceptors (Lipinski definition) is 4. The van der Waals surface area contributed by atoms with Gasteiger partial charge in [0.1, 0.15) is 0 Å². The molecule has 1 amide bonds. The van der Waals surface area contributed by atoms with Crippen LogP contribution in [0.5, 0.6) is 0 Å². The number of hydrogen-bond donors (Lipinski definition) is 1. The zero-order chi connectivity index (χ0) is 19.7. The maximum atomic E-state index is 12.9. The summed E-state index contributed by atoms with van der Waals surface area (Å²) in [5, 5.41) is 3.18. The maximum Gasteiger partial charge on any atom is 0.224 e. The molecule has 1 saturated heterocycles. The van der Waals surface area contributed by atoms with Crippen LogP contribution in [0.1, 0.15) is 42.2 Å². The SMILES string of the molecule is C=CCN1C[C@H](C(=O)NCCCN(C)C)C[C@H]2c3cccc4c3[C@@H](C=N4)C[C@H]21. The van der Waals surface area contributed by atoms with Crippen molar-refractivity contribution in [3.05, 3.63) is 42.0 Å². The third kappa shape index (κ3) is 3.65. The van der Waals surface area contributed by atoms with Gasteiger partial charge in [0.2, 0.25) is 5.91 Å². The highest BCUT2D eigenvalue weighted by atomic mass is 16.1. The number of rotatable bonds is 7. The van der Waals surface area contributed by atoms with Crippen LogP contribution in [0.15, 0.2) is 35.8 Å². The van der Waals surface area contributed by atoms with E-state index in [1.54, 1.807) is 0 Å². The Hall–Kier alpha value is -1.98. The second-order valence-electron chi connectivity index (χ2n) is 8.70. The van der Waals surface area contributed by atoms with Crippen LogP contribution >= 0.6 is 0 Å². The van der Waals surface area contributed by atoms with Gasteiger partial charge in [0.25, 0.3) is 0 Å². The Kier molecular flexibility index (Phi) is 5.65. The molecule has 4 atom stereocenters. The molecule has 2 aliphatic heterocycles. The van der Waals surface area contributed by atoms with E-state index in [1.807, 2.05) is 6.08 Å². The van der Waals surface area contributed by atoms with Gasteiger partial charge in [-0.2, -0.15) is 0 Å². The molecule has 28 heavy (non-hydrogen) atoms. The number of carbonyl (C=O) groups is 1. The highest BCUT2D eigenvalue weighted by Gasteiger charge is 2.45. The molecule has 1 aromatic carbocycles. The number of likely N-dealkylation sites (tertiary alicyclic amines) is 1. The fourth-order valence-electron chi connectivity index (χ4n) is 5.27. The molecule has 0 spiro atoms. The van der Waals surface area contributed by atoms with E-state index in [4.69, 9.17) is 0 Å². The lowest BCUT2D eigenvalue weighted by Gasteiger charge is -2.48. The zero-order valence-electron chi connectivity index (χ0n) is 17.1. The summed E-state index contributed by atoms with van der Waals surface area (Å²) in [6.07, 6.45) is 7.12. The quantitative estimate of drug-likeness (QED) is 0.584. The zero-order valence-corrected chi connectivity index (χ0v) is 17.1. The Morgan fingerprint density at radius 3 is 3.04 bits per heavy atom. The minimum Gasteiger partial charge on any atom is -0.356 e. The van der Waals surface area contributed by atoms with Gasteiger partial charge >= 0.3 is 0 Å². The fraction of sp³-hybridized carbons (Fsp3) is 0.565. The lowest BCUT2D eigenvalue weighted by Crippen LogP contribution is -2.53. The van der Waals surface area contributed by atoms with E-state index in [1.165, 1.54) is 11.1 Å². The predicted molar refractivity (Wildman–Crippen MR) is 115 cm³/mol.